The normalized spacial score (nSPS) is 12.4. The van der Waals surface area contributed by atoms with Crippen molar-refractivity contribution in [3.63, 3.8) is 0 Å². The van der Waals surface area contributed by atoms with E-state index in [1.807, 2.05) is 31.2 Å². The average Bonchev–Trinajstić information content (AvgIpc) is 2.38. The minimum absolute atomic E-state index is 0.0333. The van der Waals surface area contributed by atoms with Crippen molar-refractivity contribution in [2.45, 2.75) is 19.4 Å². The van der Waals surface area contributed by atoms with Gasteiger partial charge in [-0.25, -0.2) is 0 Å². The first-order valence-electron chi connectivity index (χ1n) is 6.29. The molecule has 2 N–H and O–H groups in total. The summed E-state index contributed by atoms with van der Waals surface area (Å²) in [4.78, 5) is 0. The van der Waals surface area contributed by atoms with Gasteiger partial charge in [-0.15, -0.1) is 0 Å². The van der Waals surface area contributed by atoms with Gasteiger partial charge in [0.25, 0.3) is 0 Å². The summed E-state index contributed by atoms with van der Waals surface area (Å²) in [6.45, 7) is 4.57. The van der Waals surface area contributed by atoms with Crippen molar-refractivity contribution in [2.24, 2.45) is 5.73 Å². The minimum Gasteiger partial charge on any atom is -0.493 e. The molecule has 1 aromatic rings. The van der Waals surface area contributed by atoms with Crippen LogP contribution >= 0.6 is 0 Å². The molecule has 0 amide bonds. The monoisotopic (exact) mass is 253 g/mol. The van der Waals surface area contributed by atoms with Crippen molar-refractivity contribution in [2.75, 3.05) is 33.5 Å². The van der Waals surface area contributed by atoms with Crippen LogP contribution in [0.3, 0.4) is 0 Å². The molecule has 18 heavy (non-hydrogen) atoms. The predicted octanol–water partition coefficient (Wildman–Crippen LogP) is 2.14. The maximum Gasteiger partial charge on any atom is 0.119 e. The van der Waals surface area contributed by atoms with Crippen LogP contribution in [0.25, 0.3) is 0 Å². The van der Waals surface area contributed by atoms with Crippen LogP contribution in [-0.4, -0.2) is 33.5 Å². The minimum atomic E-state index is 0.0333. The van der Waals surface area contributed by atoms with Crippen LogP contribution in [0.2, 0.25) is 0 Å². The van der Waals surface area contributed by atoms with Crippen LogP contribution < -0.4 is 10.5 Å². The number of hydrogen-bond acceptors (Lipinski definition) is 4. The van der Waals surface area contributed by atoms with Gasteiger partial charge in [0.05, 0.1) is 19.8 Å². The highest BCUT2D eigenvalue weighted by Gasteiger charge is 2.01. The third kappa shape index (κ3) is 6.00. The van der Waals surface area contributed by atoms with E-state index in [1.54, 1.807) is 7.11 Å². The summed E-state index contributed by atoms with van der Waals surface area (Å²) in [7, 11) is 1.66. The second kappa shape index (κ2) is 8.91. The van der Waals surface area contributed by atoms with Crippen molar-refractivity contribution in [3.8, 4) is 5.75 Å². The van der Waals surface area contributed by atoms with E-state index >= 15 is 0 Å². The highest BCUT2D eigenvalue weighted by Crippen LogP contribution is 2.17. The fourth-order valence-corrected chi connectivity index (χ4v) is 1.48. The van der Waals surface area contributed by atoms with Gasteiger partial charge in [-0.2, -0.15) is 0 Å². The third-order valence-electron chi connectivity index (χ3n) is 2.52. The summed E-state index contributed by atoms with van der Waals surface area (Å²) in [6.07, 6.45) is 0.867. The van der Waals surface area contributed by atoms with Gasteiger partial charge in [-0.05, 0) is 24.6 Å². The zero-order valence-corrected chi connectivity index (χ0v) is 11.2. The molecule has 102 valence electrons. The zero-order chi connectivity index (χ0) is 13.2. The van der Waals surface area contributed by atoms with Crippen LogP contribution in [0.5, 0.6) is 5.75 Å². The summed E-state index contributed by atoms with van der Waals surface area (Å²) in [5, 5.41) is 0. The molecule has 0 aliphatic rings. The summed E-state index contributed by atoms with van der Waals surface area (Å²) >= 11 is 0. The van der Waals surface area contributed by atoms with E-state index in [-0.39, 0.29) is 6.04 Å². The molecule has 0 saturated heterocycles. The van der Waals surface area contributed by atoms with Crippen LogP contribution in [0.4, 0.5) is 0 Å². The van der Waals surface area contributed by atoms with Crippen LogP contribution in [0.15, 0.2) is 24.3 Å². The fraction of sp³-hybridized carbons (Fsp3) is 0.571. The molecule has 0 aliphatic carbocycles. The standard InChI is InChI=1S/C14H23NO3/c1-12(15)13-5-3-6-14(11-13)18-8-4-7-17-10-9-16-2/h3,5-6,11-12H,4,7-10,15H2,1-2H3/t12-/m0/s1. The fourth-order valence-electron chi connectivity index (χ4n) is 1.48. The lowest BCUT2D eigenvalue weighted by molar-refractivity contribution is 0.0644. The van der Waals surface area contributed by atoms with Gasteiger partial charge in [0, 0.05) is 26.2 Å². The molecule has 4 nitrogen and oxygen atoms in total. The van der Waals surface area contributed by atoms with Crippen molar-refractivity contribution in [1.82, 2.24) is 0 Å². The number of benzene rings is 1. The van der Waals surface area contributed by atoms with E-state index in [1.165, 1.54) is 0 Å². The second-order valence-corrected chi connectivity index (χ2v) is 4.17. The van der Waals surface area contributed by atoms with E-state index in [0.717, 1.165) is 17.7 Å². The Kier molecular flexibility index (Phi) is 7.41. The lowest BCUT2D eigenvalue weighted by atomic mass is 10.1. The third-order valence-corrected chi connectivity index (χ3v) is 2.52. The van der Waals surface area contributed by atoms with Gasteiger partial charge in [0.1, 0.15) is 5.75 Å². The van der Waals surface area contributed by atoms with Gasteiger partial charge < -0.3 is 19.9 Å². The molecule has 1 atom stereocenters. The Balaban J connectivity index is 2.17. The molecule has 0 heterocycles. The number of nitrogens with two attached hydrogens (primary N) is 1. The Morgan fingerprint density at radius 1 is 1.17 bits per heavy atom. The number of hydrogen-bond donors (Lipinski definition) is 1. The predicted molar refractivity (Wildman–Crippen MR) is 71.9 cm³/mol. The topological polar surface area (TPSA) is 53.7 Å². The molecule has 0 spiro atoms. The first-order chi connectivity index (χ1) is 8.74. The largest absolute Gasteiger partial charge is 0.493 e. The van der Waals surface area contributed by atoms with Crippen molar-refractivity contribution in [1.29, 1.82) is 0 Å². The molecule has 0 unspecified atom stereocenters. The van der Waals surface area contributed by atoms with E-state index in [0.29, 0.717) is 26.4 Å². The first-order valence-corrected chi connectivity index (χ1v) is 6.29. The number of methoxy groups -OCH3 is 1. The molecular weight excluding hydrogens is 230 g/mol. The summed E-state index contributed by atoms with van der Waals surface area (Å²) in [5.41, 5.74) is 6.90. The quantitative estimate of drug-likeness (QED) is 0.685. The Bertz CT molecular complexity index is 329. The molecule has 0 saturated carbocycles. The number of rotatable bonds is 9. The highest BCUT2D eigenvalue weighted by atomic mass is 16.5. The van der Waals surface area contributed by atoms with Gasteiger partial charge in [-0.3, -0.25) is 0 Å². The van der Waals surface area contributed by atoms with E-state index in [9.17, 15) is 0 Å². The van der Waals surface area contributed by atoms with Gasteiger partial charge >= 0.3 is 0 Å². The van der Waals surface area contributed by atoms with Crippen LogP contribution in [-0.2, 0) is 9.47 Å². The lowest BCUT2D eigenvalue weighted by Crippen LogP contribution is -2.07. The Morgan fingerprint density at radius 3 is 2.72 bits per heavy atom. The van der Waals surface area contributed by atoms with Gasteiger partial charge in [-0.1, -0.05) is 12.1 Å². The van der Waals surface area contributed by atoms with E-state index < -0.39 is 0 Å². The Labute approximate surface area is 109 Å². The van der Waals surface area contributed by atoms with Crippen molar-refractivity contribution < 1.29 is 14.2 Å². The smallest absolute Gasteiger partial charge is 0.119 e. The molecule has 0 fully saturated rings. The van der Waals surface area contributed by atoms with Crippen LogP contribution in [0, 0.1) is 0 Å². The summed E-state index contributed by atoms with van der Waals surface area (Å²) < 4.78 is 15.9. The van der Waals surface area contributed by atoms with E-state index in [4.69, 9.17) is 19.9 Å². The summed E-state index contributed by atoms with van der Waals surface area (Å²) in [6, 6.07) is 7.92. The van der Waals surface area contributed by atoms with Crippen molar-refractivity contribution >= 4 is 0 Å². The molecule has 4 heteroatoms. The Morgan fingerprint density at radius 2 is 2.00 bits per heavy atom. The lowest BCUT2D eigenvalue weighted by Gasteiger charge is -2.10. The second-order valence-electron chi connectivity index (χ2n) is 4.17. The molecule has 0 radical (unpaired) electrons. The van der Waals surface area contributed by atoms with Crippen molar-refractivity contribution in [3.05, 3.63) is 29.8 Å². The maximum absolute atomic E-state index is 5.82. The molecule has 0 aromatic heterocycles. The Hall–Kier alpha value is -1.10. The zero-order valence-electron chi connectivity index (χ0n) is 11.2. The highest BCUT2D eigenvalue weighted by molar-refractivity contribution is 5.30. The SMILES string of the molecule is COCCOCCCOc1cccc([C@H](C)N)c1. The first kappa shape index (κ1) is 15.0. The molecule has 0 aliphatic heterocycles. The van der Waals surface area contributed by atoms with Gasteiger partial charge in [0.15, 0.2) is 0 Å². The molecule has 1 aromatic carbocycles. The van der Waals surface area contributed by atoms with E-state index in [2.05, 4.69) is 0 Å². The maximum atomic E-state index is 5.82. The average molecular weight is 253 g/mol. The molecular formula is C14H23NO3. The molecule has 1 rings (SSSR count). The van der Waals surface area contributed by atoms with Crippen LogP contribution in [0.1, 0.15) is 24.9 Å². The molecule has 0 bridgehead atoms. The van der Waals surface area contributed by atoms with Gasteiger partial charge in [0.2, 0.25) is 0 Å². The summed E-state index contributed by atoms with van der Waals surface area (Å²) in [5.74, 6) is 0.863. The number of ether oxygens (including phenoxy) is 3.